The van der Waals surface area contributed by atoms with Gasteiger partial charge in [-0.25, -0.2) is 9.97 Å². The number of nitrogens with zero attached hydrogens (tertiary/aromatic N) is 4. The van der Waals surface area contributed by atoms with Crippen LogP contribution in [0.5, 0.6) is 0 Å². The van der Waals surface area contributed by atoms with Crippen molar-refractivity contribution >= 4 is 46.3 Å². The largest absolute Gasteiger partial charge is 0.340 e. The predicted octanol–water partition coefficient (Wildman–Crippen LogP) is 11.8. The van der Waals surface area contributed by atoms with Gasteiger partial charge in [-0.1, -0.05) is 148 Å². The molecule has 4 aromatic carbocycles. The van der Waals surface area contributed by atoms with E-state index in [0.717, 1.165) is 130 Å². The Morgan fingerprint density at radius 3 is 1.21 bits per heavy atom. The molecule has 10 nitrogen and oxygen atoms in total. The maximum Gasteiger partial charge on any atom is 0.250 e. The van der Waals surface area contributed by atoms with Crippen molar-refractivity contribution < 1.29 is 19.2 Å². The van der Waals surface area contributed by atoms with Gasteiger partial charge in [0.25, 0.3) is 0 Å². The molecule has 12 heteroatoms. The van der Waals surface area contributed by atoms with Crippen molar-refractivity contribution in [3.63, 3.8) is 0 Å². The van der Waals surface area contributed by atoms with E-state index >= 15 is 0 Å². The maximum atomic E-state index is 14.4. The van der Waals surface area contributed by atoms with E-state index in [9.17, 15) is 19.2 Å². The molecule has 0 spiro atoms. The van der Waals surface area contributed by atoms with Crippen LogP contribution in [0.1, 0.15) is 135 Å². The number of hydrogen-bond acceptors (Lipinski definition) is 8. The van der Waals surface area contributed by atoms with Crippen LogP contribution in [0.4, 0.5) is 0 Å². The highest BCUT2D eigenvalue weighted by atomic mass is 32.1. The molecule has 0 bridgehead atoms. The van der Waals surface area contributed by atoms with Crippen molar-refractivity contribution in [2.45, 2.75) is 114 Å². The molecule has 4 atom stereocenters. The van der Waals surface area contributed by atoms with Gasteiger partial charge in [0.15, 0.2) is 0 Å². The average Bonchev–Trinajstić information content (AvgIpc) is 4.26. The van der Waals surface area contributed by atoms with Crippen LogP contribution in [-0.2, 0) is 19.2 Å². The molecule has 350 valence electrons. The molecule has 4 amide bonds. The van der Waals surface area contributed by atoms with Crippen molar-refractivity contribution in [1.29, 1.82) is 0 Å². The summed E-state index contributed by atoms with van der Waals surface area (Å²) in [6, 6.07) is 34.7. The molecular weight excluding hydrogens is 885 g/mol. The Bertz CT molecular complexity index is 2490. The molecule has 0 unspecified atom stereocenters. The summed E-state index contributed by atoms with van der Waals surface area (Å²) in [5.41, 5.74) is 5.98. The average molecular weight is 945 g/mol. The maximum absolute atomic E-state index is 14.4. The van der Waals surface area contributed by atoms with Gasteiger partial charge in [-0.2, -0.15) is 0 Å². The fraction of sp³-hybridized carbons (Fsp3) is 0.393. The molecular formula is C56H60N6O4S2. The summed E-state index contributed by atoms with van der Waals surface area (Å²) >= 11 is 3.27. The van der Waals surface area contributed by atoms with E-state index in [0.29, 0.717) is 13.1 Å². The standard InChI is InChI=1S/C56H60N6O4S2/c63-51(43-19-9-3-10-20-43)59-49(41-15-5-1-6-16-41)55(65)61-33-13-23-45(61)53-57-35-47(67-53)39-29-25-37(26-30-39)38-27-31-40(32-28-38)48-36-58-54(68-48)46-24-14-34-62(46)56(66)50(42-17-7-2-8-18-42)60-52(64)44-21-11-4-12-22-44/h1-2,5-8,15-18,25-32,35-36,43-46,49-50H,3-4,9-14,19-24,33-34H2,(H,59,63)(H,60,64)/t45-,46-,49+,50+/m0/s1. The third-order valence-electron chi connectivity index (χ3n) is 14.6. The van der Waals surface area contributed by atoms with Crippen LogP contribution in [0.15, 0.2) is 122 Å². The van der Waals surface area contributed by atoms with E-state index in [1.807, 2.05) is 82.9 Å². The highest BCUT2D eigenvalue weighted by molar-refractivity contribution is 7.15. The Morgan fingerprint density at radius 2 is 0.824 bits per heavy atom. The van der Waals surface area contributed by atoms with E-state index in [1.54, 1.807) is 22.7 Å². The zero-order chi connectivity index (χ0) is 46.4. The van der Waals surface area contributed by atoms with Crippen molar-refractivity contribution in [1.82, 2.24) is 30.4 Å². The van der Waals surface area contributed by atoms with Crippen LogP contribution < -0.4 is 10.6 Å². The molecule has 4 fully saturated rings. The van der Waals surface area contributed by atoms with Crippen LogP contribution >= 0.6 is 22.7 Å². The Morgan fingerprint density at radius 1 is 0.456 bits per heavy atom. The number of carbonyl (C=O) groups excluding carboxylic acids is 4. The summed E-state index contributed by atoms with van der Waals surface area (Å²) in [6.45, 7) is 1.27. The molecule has 4 heterocycles. The van der Waals surface area contributed by atoms with Crippen LogP contribution in [0, 0.1) is 11.8 Å². The molecule has 2 aliphatic carbocycles. The van der Waals surface area contributed by atoms with Crippen LogP contribution in [0.2, 0.25) is 0 Å². The number of likely N-dealkylation sites (tertiary alicyclic amines) is 2. The van der Waals surface area contributed by atoms with E-state index in [2.05, 4.69) is 59.2 Å². The first-order valence-corrected chi connectivity index (χ1v) is 26.5. The summed E-state index contributed by atoms with van der Waals surface area (Å²) in [6.07, 6.45) is 17.4. The van der Waals surface area contributed by atoms with Gasteiger partial charge in [0.05, 0.1) is 21.8 Å². The third-order valence-corrected chi connectivity index (χ3v) is 16.9. The van der Waals surface area contributed by atoms with Crippen molar-refractivity contribution in [3.05, 3.63) is 143 Å². The van der Waals surface area contributed by atoms with Crippen LogP contribution in [0.3, 0.4) is 0 Å². The predicted molar refractivity (Wildman–Crippen MR) is 269 cm³/mol. The topological polar surface area (TPSA) is 125 Å². The van der Waals surface area contributed by atoms with Gasteiger partial charge >= 0.3 is 0 Å². The number of amides is 4. The van der Waals surface area contributed by atoms with Crippen molar-refractivity contribution in [2.75, 3.05) is 13.1 Å². The quantitative estimate of drug-likeness (QED) is 0.119. The molecule has 2 N–H and O–H groups in total. The second-order valence-electron chi connectivity index (χ2n) is 19.0. The first-order valence-electron chi connectivity index (χ1n) is 24.8. The number of aromatic nitrogens is 2. The number of thiazole rings is 2. The van der Waals surface area contributed by atoms with Gasteiger partial charge in [-0.05, 0) is 84.7 Å². The lowest BCUT2D eigenvalue weighted by molar-refractivity contribution is -0.138. The minimum Gasteiger partial charge on any atom is -0.340 e. The molecule has 68 heavy (non-hydrogen) atoms. The van der Waals surface area contributed by atoms with Gasteiger partial charge in [-0.3, -0.25) is 19.2 Å². The van der Waals surface area contributed by atoms with E-state index in [-0.39, 0.29) is 47.5 Å². The van der Waals surface area contributed by atoms with E-state index in [4.69, 9.17) is 9.97 Å². The smallest absolute Gasteiger partial charge is 0.250 e. The normalized spacial score (nSPS) is 19.9. The summed E-state index contributed by atoms with van der Waals surface area (Å²) in [5, 5.41) is 8.20. The Labute approximate surface area is 407 Å². The van der Waals surface area contributed by atoms with Gasteiger partial charge in [0.1, 0.15) is 22.1 Å². The lowest BCUT2D eigenvalue weighted by atomic mass is 9.88. The third kappa shape index (κ3) is 10.1. The summed E-state index contributed by atoms with van der Waals surface area (Å²) in [4.78, 5) is 71.4. The Kier molecular flexibility index (Phi) is 14.2. The molecule has 0 radical (unpaired) electrons. The monoisotopic (exact) mass is 944 g/mol. The van der Waals surface area contributed by atoms with Gasteiger partial charge in [-0.15, -0.1) is 22.7 Å². The van der Waals surface area contributed by atoms with Crippen LogP contribution in [0.25, 0.3) is 32.0 Å². The van der Waals surface area contributed by atoms with Crippen molar-refractivity contribution in [3.8, 4) is 32.0 Å². The highest BCUT2D eigenvalue weighted by Crippen LogP contribution is 2.41. The Hall–Kier alpha value is -5.98. The fourth-order valence-electron chi connectivity index (χ4n) is 10.8. The SMILES string of the molecule is O=C(N[C@@H](C(=O)N1CCC[C@H]1c1ncc(-c2ccc(-c3ccc(-c4cnc([C@@H]5CCCN5C(=O)[C@H](NC(=O)C5CCCCC5)c5ccccc5)s4)cc3)cc2)s1)c1ccccc1)C1CCCCC1. The van der Waals surface area contributed by atoms with Crippen molar-refractivity contribution in [2.24, 2.45) is 11.8 Å². The number of rotatable bonds is 13. The minimum absolute atomic E-state index is 0.0132. The lowest BCUT2D eigenvalue weighted by Crippen LogP contribution is -2.44. The zero-order valence-electron chi connectivity index (χ0n) is 38.6. The van der Waals surface area contributed by atoms with E-state index < -0.39 is 12.1 Å². The fourth-order valence-corrected chi connectivity index (χ4v) is 13.0. The molecule has 2 aromatic heterocycles. The number of carbonyl (C=O) groups is 4. The summed E-state index contributed by atoms with van der Waals surface area (Å²) < 4.78 is 0. The first-order chi connectivity index (χ1) is 33.4. The second-order valence-corrected chi connectivity index (χ2v) is 21.2. The molecule has 4 aliphatic rings. The van der Waals surface area contributed by atoms with Gasteiger partial charge in [0, 0.05) is 37.3 Å². The Balaban J connectivity index is 0.790. The molecule has 10 rings (SSSR count). The lowest BCUT2D eigenvalue weighted by Gasteiger charge is -2.30. The molecule has 2 saturated carbocycles. The van der Waals surface area contributed by atoms with Crippen LogP contribution in [-0.4, -0.2) is 56.5 Å². The number of benzene rings is 4. The number of hydrogen-bond donors (Lipinski definition) is 2. The molecule has 2 saturated heterocycles. The second kappa shape index (κ2) is 21.1. The van der Waals surface area contributed by atoms with Gasteiger partial charge < -0.3 is 20.4 Å². The first kappa shape index (κ1) is 45.8. The van der Waals surface area contributed by atoms with E-state index in [1.165, 1.54) is 12.8 Å². The number of nitrogens with one attached hydrogen (secondary N) is 2. The minimum atomic E-state index is -0.724. The van der Waals surface area contributed by atoms with Gasteiger partial charge in [0.2, 0.25) is 23.6 Å². The zero-order valence-corrected chi connectivity index (χ0v) is 40.2. The molecule has 6 aromatic rings. The molecule has 2 aliphatic heterocycles. The summed E-state index contributed by atoms with van der Waals surface area (Å²) in [7, 11) is 0. The summed E-state index contributed by atoms with van der Waals surface area (Å²) in [5.74, 6) is -0.234. The highest BCUT2D eigenvalue weighted by Gasteiger charge is 2.39.